The van der Waals surface area contributed by atoms with Crippen LogP contribution >= 0.6 is 0 Å². The van der Waals surface area contributed by atoms with Gasteiger partial charge in [-0.1, -0.05) is 32.0 Å². The third-order valence-corrected chi connectivity index (χ3v) is 3.61. The quantitative estimate of drug-likeness (QED) is 0.789. The summed E-state index contributed by atoms with van der Waals surface area (Å²) < 4.78 is 5.86. The Morgan fingerprint density at radius 2 is 2.00 bits per heavy atom. The highest BCUT2D eigenvalue weighted by Gasteiger charge is 2.42. The van der Waals surface area contributed by atoms with Crippen molar-refractivity contribution >= 4 is 0 Å². The van der Waals surface area contributed by atoms with Crippen molar-refractivity contribution in [3.05, 3.63) is 42.3 Å². The van der Waals surface area contributed by atoms with Crippen molar-refractivity contribution in [1.82, 2.24) is 4.98 Å². The molecule has 2 heteroatoms. The fourth-order valence-electron chi connectivity index (χ4n) is 2.45. The Morgan fingerprint density at radius 3 is 2.65 bits per heavy atom. The molecule has 0 saturated heterocycles. The summed E-state index contributed by atoms with van der Waals surface area (Å²) in [5.41, 5.74) is 1.06. The Balaban J connectivity index is 1.81. The van der Waals surface area contributed by atoms with Crippen LogP contribution in [0.25, 0.3) is 11.5 Å². The van der Waals surface area contributed by atoms with Crippen LogP contribution in [0.1, 0.15) is 31.9 Å². The Hall–Kier alpha value is -1.57. The van der Waals surface area contributed by atoms with E-state index in [9.17, 15) is 0 Å². The molecule has 1 aliphatic carbocycles. The summed E-state index contributed by atoms with van der Waals surface area (Å²) in [6, 6.07) is 10.1. The van der Waals surface area contributed by atoms with E-state index in [-0.39, 0.29) is 0 Å². The zero-order valence-electron chi connectivity index (χ0n) is 10.3. The van der Waals surface area contributed by atoms with Crippen molar-refractivity contribution in [2.24, 2.45) is 11.8 Å². The molecule has 17 heavy (non-hydrogen) atoms. The molecule has 1 aromatic heterocycles. The topological polar surface area (TPSA) is 26.0 Å². The Bertz CT molecular complexity index is 501. The van der Waals surface area contributed by atoms with E-state index in [1.165, 1.54) is 6.42 Å². The molecule has 0 aliphatic heterocycles. The Labute approximate surface area is 102 Å². The number of benzene rings is 1. The maximum absolute atomic E-state index is 5.86. The van der Waals surface area contributed by atoms with Crippen molar-refractivity contribution < 1.29 is 4.42 Å². The van der Waals surface area contributed by atoms with E-state index in [1.807, 2.05) is 36.5 Å². The van der Waals surface area contributed by atoms with Gasteiger partial charge < -0.3 is 4.42 Å². The predicted octanol–water partition coefficient (Wildman–Crippen LogP) is 4.10. The lowest BCUT2D eigenvalue weighted by molar-refractivity contribution is 0.482. The summed E-state index contributed by atoms with van der Waals surface area (Å²) in [7, 11) is 0. The fourth-order valence-corrected chi connectivity index (χ4v) is 2.45. The highest BCUT2D eigenvalue weighted by Crippen LogP contribution is 2.52. The van der Waals surface area contributed by atoms with Crippen LogP contribution in [0.3, 0.4) is 0 Å². The molecule has 1 heterocycles. The lowest BCUT2D eigenvalue weighted by Crippen LogP contribution is -1.91. The molecule has 2 nitrogen and oxygen atoms in total. The van der Waals surface area contributed by atoms with E-state index >= 15 is 0 Å². The van der Waals surface area contributed by atoms with E-state index in [1.54, 1.807) is 0 Å². The van der Waals surface area contributed by atoms with Crippen LogP contribution in [0.2, 0.25) is 0 Å². The van der Waals surface area contributed by atoms with Gasteiger partial charge in [-0.3, -0.25) is 0 Å². The molecule has 88 valence electrons. The van der Waals surface area contributed by atoms with Gasteiger partial charge in [-0.15, -0.1) is 0 Å². The highest BCUT2D eigenvalue weighted by molar-refractivity contribution is 5.52. The average Bonchev–Trinajstić information content (AvgIpc) is 3.01. The van der Waals surface area contributed by atoms with Gasteiger partial charge in [0.15, 0.2) is 0 Å². The first-order chi connectivity index (χ1) is 8.25. The zero-order chi connectivity index (χ0) is 11.8. The molecule has 3 rings (SSSR count). The van der Waals surface area contributed by atoms with Crippen molar-refractivity contribution in [3.8, 4) is 11.5 Å². The molecule has 0 radical (unpaired) electrons. The summed E-state index contributed by atoms with van der Waals surface area (Å²) in [6.45, 7) is 4.55. The minimum Gasteiger partial charge on any atom is -0.441 e. The molecule has 0 N–H and O–H groups in total. The van der Waals surface area contributed by atoms with Crippen molar-refractivity contribution in [3.63, 3.8) is 0 Å². The molecule has 1 saturated carbocycles. The molecule has 1 aliphatic rings. The number of oxazole rings is 1. The molecule has 1 aromatic carbocycles. The molecule has 2 aromatic rings. The smallest absolute Gasteiger partial charge is 0.226 e. The lowest BCUT2D eigenvalue weighted by Gasteiger charge is -2.00. The second-order valence-electron chi connectivity index (χ2n) is 5.18. The Kier molecular flexibility index (Phi) is 2.50. The molecular formula is C15H17NO. The van der Waals surface area contributed by atoms with E-state index in [2.05, 4.69) is 18.8 Å². The van der Waals surface area contributed by atoms with Gasteiger partial charge in [0.05, 0.1) is 6.20 Å². The number of nitrogens with zero attached hydrogens (tertiary/aromatic N) is 1. The van der Waals surface area contributed by atoms with Gasteiger partial charge in [0.2, 0.25) is 5.89 Å². The second kappa shape index (κ2) is 4.02. The molecule has 0 bridgehead atoms. The summed E-state index contributed by atoms with van der Waals surface area (Å²) in [5, 5.41) is 0. The number of hydrogen-bond donors (Lipinski definition) is 0. The van der Waals surface area contributed by atoms with Crippen LogP contribution < -0.4 is 0 Å². The van der Waals surface area contributed by atoms with E-state index in [4.69, 9.17) is 4.42 Å². The molecule has 0 unspecified atom stereocenters. The van der Waals surface area contributed by atoms with E-state index in [0.29, 0.717) is 5.92 Å². The van der Waals surface area contributed by atoms with Gasteiger partial charge in [0.25, 0.3) is 0 Å². The summed E-state index contributed by atoms with van der Waals surface area (Å²) >= 11 is 0. The van der Waals surface area contributed by atoms with Crippen molar-refractivity contribution in [2.75, 3.05) is 0 Å². The number of hydrogen-bond acceptors (Lipinski definition) is 2. The number of rotatable bonds is 3. The van der Waals surface area contributed by atoms with Gasteiger partial charge in [-0.2, -0.15) is 0 Å². The fraction of sp³-hybridized carbons (Fsp3) is 0.400. The molecule has 2 atom stereocenters. The molecule has 0 spiro atoms. The van der Waals surface area contributed by atoms with Crippen LogP contribution in [0, 0.1) is 11.8 Å². The molecule has 1 fully saturated rings. The van der Waals surface area contributed by atoms with Gasteiger partial charge in [-0.05, 0) is 30.4 Å². The van der Waals surface area contributed by atoms with Crippen LogP contribution in [0.5, 0.6) is 0 Å². The van der Waals surface area contributed by atoms with Gasteiger partial charge >= 0.3 is 0 Å². The van der Waals surface area contributed by atoms with Crippen LogP contribution in [0.4, 0.5) is 0 Å². The first-order valence-corrected chi connectivity index (χ1v) is 6.27. The summed E-state index contributed by atoms with van der Waals surface area (Å²) in [5.74, 6) is 3.93. The normalized spacial score (nSPS) is 23.0. The minimum absolute atomic E-state index is 0.597. The number of aromatic nitrogens is 1. The third kappa shape index (κ3) is 1.99. The van der Waals surface area contributed by atoms with Crippen molar-refractivity contribution in [1.29, 1.82) is 0 Å². The maximum atomic E-state index is 5.86. The summed E-state index contributed by atoms with van der Waals surface area (Å²) in [4.78, 5) is 4.37. The SMILES string of the molecule is CC(C)[C@H]1C[C@@H]1c1cnc(-c2ccccc2)o1. The van der Waals surface area contributed by atoms with Crippen LogP contribution in [0.15, 0.2) is 40.9 Å². The zero-order valence-corrected chi connectivity index (χ0v) is 10.3. The minimum atomic E-state index is 0.597. The maximum Gasteiger partial charge on any atom is 0.226 e. The second-order valence-corrected chi connectivity index (χ2v) is 5.18. The van der Waals surface area contributed by atoms with Crippen molar-refractivity contribution in [2.45, 2.75) is 26.2 Å². The average molecular weight is 227 g/mol. The standard InChI is InChI=1S/C15H17NO/c1-10(2)12-8-13(12)14-9-16-15(17-14)11-6-4-3-5-7-11/h3-7,9-10,12-13H,8H2,1-2H3/t12-,13+/m1/s1. The van der Waals surface area contributed by atoms with Crippen LogP contribution in [-0.4, -0.2) is 4.98 Å². The van der Waals surface area contributed by atoms with Gasteiger partial charge in [0, 0.05) is 11.5 Å². The summed E-state index contributed by atoms with van der Waals surface area (Å²) in [6.07, 6.45) is 3.15. The van der Waals surface area contributed by atoms with E-state index < -0.39 is 0 Å². The largest absolute Gasteiger partial charge is 0.441 e. The van der Waals surface area contributed by atoms with Crippen LogP contribution in [-0.2, 0) is 0 Å². The first-order valence-electron chi connectivity index (χ1n) is 6.27. The monoisotopic (exact) mass is 227 g/mol. The first kappa shape index (κ1) is 10.6. The Morgan fingerprint density at radius 1 is 1.24 bits per heavy atom. The third-order valence-electron chi connectivity index (χ3n) is 3.61. The van der Waals surface area contributed by atoms with Gasteiger partial charge in [-0.25, -0.2) is 4.98 Å². The molecule has 0 amide bonds. The van der Waals surface area contributed by atoms with Gasteiger partial charge in [0.1, 0.15) is 5.76 Å². The lowest BCUT2D eigenvalue weighted by atomic mass is 10.1. The predicted molar refractivity (Wildman–Crippen MR) is 67.6 cm³/mol. The molecular weight excluding hydrogens is 210 g/mol. The highest BCUT2D eigenvalue weighted by atomic mass is 16.4. The van der Waals surface area contributed by atoms with E-state index in [0.717, 1.165) is 29.1 Å².